The molecule has 2 aromatic carbocycles. The fourth-order valence-corrected chi connectivity index (χ4v) is 2.44. The molecule has 21 heavy (non-hydrogen) atoms. The van der Waals surface area contributed by atoms with Crippen LogP contribution in [0.15, 0.2) is 42.5 Å². The van der Waals surface area contributed by atoms with E-state index >= 15 is 0 Å². The molecule has 0 saturated heterocycles. The molecule has 3 aromatic rings. The number of aromatic amines is 1. The van der Waals surface area contributed by atoms with Crippen LogP contribution in [-0.4, -0.2) is 10.9 Å². The van der Waals surface area contributed by atoms with Gasteiger partial charge in [0.25, 0.3) is 5.91 Å². The summed E-state index contributed by atoms with van der Waals surface area (Å²) in [6, 6.07) is 11.1. The molecule has 106 valence electrons. The number of halogens is 2. The van der Waals surface area contributed by atoms with Gasteiger partial charge in [-0.3, -0.25) is 4.79 Å². The molecule has 2 N–H and O–H groups in total. The van der Waals surface area contributed by atoms with Gasteiger partial charge in [-0.15, -0.1) is 0 Å². The van der Waals surface area contributed by atoms with E-state index in [0.717, 1.165) is 16.5 Å². The summed E-state index contributed by atoms with van der Waals surface area (Å²) >= 11 is 5.95. The SMILES string of the molecule is Cc1c(C(=O)Nc2ccc(F)cc2)[nH]c2cc(Cl)ccc12. The van der Waals surface area contributed by atoms with E-state index in [0.29, 0.717) is 16.4 Å². The summed E-state index contributed by atoms with van der Waals surface area (Å²) in [4.78, 5) is 15.4. The molecule has 0 atom stereocenters. The largest absolute Gasteiger partial charge is 0.350 e. The Morgan fingerprint density at radius 1 is 1.19 bits per heavy atom. The van der Waals surface area contributed by atoms with Gasteiger partial charge in [0.2, 0.25) is 0 Å². The maximum absolute atomic E-state index is 12.9. The van der Waals surface area contributed by atoms with Crippen molar-refractivity contribution in [3.8, 4) is 0 Å². The van der Waals surface area contributed by atoms with Crippen molar-refractivity contribution in [3.63, 3.8) is 0 Å². The van der Waals surface area contributed by atoms with E-state index in [9.17, 15) is 9.18 Å². The highest BCUT2D eigenvalue weighted by molar-refractivity contribution is 6.31. The van der Waals surface area contributed by atoms with E-state index < -0.39 is 0 Å². The highest BCUT2D eigenvalue weighted by Crippen LogP contribution is 2.25. The summed E-state index contributed by atoms with van der Waals surface area (Å²) in [6.45, 7) is 1.87. The average Bonchev–Trinajstić information content (AvgIpc) is 2.78. The third-order valence-electron chi connectivity index (χ3n) is 3.35. The Hall–Kier alpha value is -2.33. The normalized spacial score (nSPS) is 10.8. The minimum Gasteiger partial charge on any atom is -0.350 e. The second-order valence-corrected chi connectivity index (χ2v) is 5.21. The van der Waals surface area contributed by atoms with Gasteiger partial charge < -0.3 is 10.3 Å². The van der Waals surface area contributed by atoms with Gasteiger partial charge in [-0.05, 0) is 48.9 Å². The van der Waals surface area contributed by atoms with Crippen LogP contribution in [0.25, 0.3) is 10.9 Å². The fourth-order valence-electron chi connectivity index (χ4n) is 2.26. The topological polar surface area (TPSA) is 44.9 Å². The van der Waals surface area contributed by atoms with Gasteiger partial charge in [0.05, 0.1) is 0 Å². The number of carbonyl (C=O) groups is 1. The van der Waals surface area contributed by atoms with E-state index in [-0.39, 0.29) is 11.7 Å². The molecule has 1 aromatic heterocycles. The number of anilines is 1. The predicted molar refractivity (Wildman–Crippen MR) is 82.4 cm³/mol. The van der Waals surface area contributed by atoms with Crippen LogP contribution in [0.3, 0.4) is 0 Å². The molecule has 0 fully saturated rings. The van der Waals surface area contributed by atoms with E-state index in [2.05, 4.69) is 10.3 Å². The summed E-state index contributed by atoms with van der Waals surface area (Å²) in [6.07, 6.45) is 0. The zero-order chi connectivity index (χ0) is 15.0. The fraction of sp³-hybridized carbons (Fsp3) is 0.0625. The van der Waals surface area contributed by atoms with Crippen molar-refractivity contribution in [2.75, 3.05) is 5.32 Å². The second-order valence-electron chi connectivity index (χ2n) is 4.78. The molecule has 0 unspecified atom stereocenters. The molecule has 5 heteroatoms. The number of nitrogens with one attached hydrogen (secondary N) is 2. The monoisotopic (exact) mass is 302 g/mol. The molecule has 0 bridgehead atoms. The molecule has 0 radical (unpaired) electrons. The van der Waals surface area contributed by atoms with Crippen LogP contribution in [-0.2, 0) is 0 Å². The van der Waals surface area contributed by atoms with E-state index in [1.54, 1.807) is 12.1 Å². The van der Waals surface area contributed by atoms with E-state index in [4.69, 9.17) is 11.6 Å². The number of H-pyrrole nitrogens is 1. The van der Waals surface area contributed by atoms with Crippen molar-refractivity contribution >= 4 is 34.1 Å². The van der Waals surface area contributed by atoms with Crippen molar-refractivity contribution in [3.05, 3.63) is 64.6 Å². The van der Waals surface area contributed by atoms with Gasteiger partial charge in [-0.1, -0.05) is 17.7 Å². The van der Waals surface area contributed by atoms with Gasteiger partial charge in [-0.25, -0.2) is 4.39 Å². The summed E-state index contributed by atoms with van der Waals surface area (Å²) in [5.74, 6) is -0.615. The minimum absolute atomic E-state index is 0.272. The summed E-state index contributed by atoms with van der Waals surface area (Å²) in [7, 11) is 0. The Morgan fingerprint density at radius 3 is 2.62 bits per heavy atom. The van der Waals surface area contributed by atoms with Crippen LogP contribution >= 0.6 is 11.6 Å². The van der Waals surface area contributed by atoms with Crippen molar-refractivity contribution in [2.24, 2.45) is 0 Å². The number of carbonyl (C=O) groups excluding carboxylic acids is 1. The Bertz CT molecular complexity index is 824. The molecular weight excluding hydrogens is 291 g/mol. The smallest absolute Gasteiger partial charge is 0.272 e. The zero-order valence-corrected chi connectivity index (χ0v) is 12.0. The van der Waals surface area contributed by atoms with Crippen LogP contribution in [0.4, 0.5) is 10.1 Å². The maximum Gasteiger partial charge on any atom is 0.272 e. The lowest BCUT2D eigenvalue weighted by molar-refractivity contribution is 0.102. The maximum atomic E-state index is 12.9. The van der Waals surface area contributed by atoms with Crippen LogP contribution in [0.5, 0.6) is 0 Å². The molecule has 0 aliphatic carbocycles. The first-order valence-electron chi connectivity index (χ1n) is 6.39. The van der Waals surface area contributed by atoms with Crippen LogP contribution in [0, 0.1) is 12.7 Å². The lowest BCUT2D eigenvalue weighted by atomic mass is 10.1. The molecule has 1 amide bonds. The number of rotatable bonds is 2. The molecule has 1 heterocycles. The van der Waals surface area contributed by atoms with Gasteiger partial charge in [0, 0.05) is 21.6 Å². The van der Waals surface area contributed by atoms with Crippen molar-refractivity contribution in [1.29, 1.82) is 0 Å². The number of aromatic nitrogens is 1. The zero-order valence-electron chi connectivity index (χ0n) is 11.2. The Morgan fingerprint density at radius 2 is 1.90 bits per heavy atom. The first-order valence-corrected chi connectivity index (χ1v) is 6.77. The Kier molecular flexibility index (Phi) is 3.39. The number of fused-ring (bicyclic) bond motifs is 1. The minimum atomic E-state index is -0.343. The molecule has 3 rings (SSSR count). The van der Waals surface area contributed by atoms with Crippen LogP contribution in [0.2, 0.25) is 5.02 Å². The molecule has 0 spiro atoms. The summed E-state index contributed by atoms with van der Waals surface area (Å²) in [5.41, 5.74) is 2.67. The number of hydrogen-bond donors (Lipinski definition) is 2. The summed E-state index contributed by atoms with van der Waals surface area (Å²) in [5, 5.41) is 4.29. The van der Waals surface area contributed by atoms with E-state index in [1.807, 2.05) is 13.0 Å². The first kappa shape index (κ1) is 13.6. The average molecular weight is 303 g/mol. The molecular formula is C16H12ClFN2O. The van der Waals surface area contributed by atoms with Gasteiger partial charge in [-0.2, -0.15) is 0 Å². The molecule has 0 saturated carbocycles. The quantitative estimate of drug-likeness (QED) is 0.718. The number of benzene rings is 2. The number of hydrogen-bond acceptors (Lipinski definition) is 1. The molecule has 3 nitrogen and oxygen atoms in total. The Balaban J connectivity index is 1.94. The Labute approximate surface area is 125 Å². The lowest BCUT2D eigenvalue weighted by Crippen LogP contribution is -2.13. The number of aryl methyl sites for hydroxylation is 1. The second kappa shape index (κ2) is 5.22. The van der Waals surface area contributed by atoms with Crippen molar-refractivity contribution in [1.82, 2.24) is 4.98 Å². The number of amides is 1. The summed E-state index contributed by atoms with van der Waals surface area (Å²) < 4.78 is 12.9. The van der Waals surface area contributed by atoms with Gasteiger partial charge in [0.1, 0.15) is 11.5 Å². The van der Waals surface area contributed by atoms with Gasteiger partial charge in [0.15, 0.2) is 0 Å². The highest BCUT2D eigenvalue weighted by atomic mass is 35.5. The lowest BCUT2D eigenvalue weighted by Gasteiger charge is -2.04. The van der Waals surface area contributed by atoms with E-state index in [1.165, 1.54) is 24.3 Å². The first-order chi connectivity index (χ1) is 10.0. The van der Waals surface area contributed by atoms with Gasteiger partial charge >= 0.3 is 0 Å². The van der Waals surface area contributed by atoms with Crippen molar-refractivity contribution in [2.45, 2.75) is 6.92 Å². The van der Waals surface area contributed by atoms with Crippen LogP contribution < -0.4 is 5.32 Å². The standard InChI is InChI=1S/C16H12ClFN2O/c1-9-13-7-2-10(17)8-14(13)20-15(9)16(21)19-12-5-3-11(18)4-6-12/h2-8,20H,1H3,(H,19,21). The molecule has 0 aliphatic rings. The van der Waals surface area contributed by atoms with Crippen LogP contribution in [0.1, 0.15) is 16.1 Å². The predicted octanol–water partition coefficient (Wildman–Crippen LogP) is 4.52. The highest BCUT2D eigenvalue weighted by Gasteiger charge is 2.15. The third kappa shape index (κ3) is 2.62. The third-order valence-corrected chi connectivity index (χ3v) is 3.58. The molecule has 0 aliphatic heterocycles. The van der Waals surface area contributed by atoms with Crippen molar-refractivity contribution < 1.29 is 9.18 Å².